The van der Waals surface area contributed by atoms with E-state index in [9.17, 15) is 5.11 Å². The minimum atomic E-state index is -0.441. The Morgan fingerprint density at radius 1 is 1.46 bits per heavy atom. The van der Waals surface area contributed by atoms with Crippen molar-refractivity contribution >= 4 is 5.82 Å². The highest BCUT2D eigenvalue weighted by Gasteiger charge is 2.06. The third kappa shape index (κ3) is 2.18. The fraction of sp³-hybridized carbons (Fsp3) is 0.500. The minimum Gasteiger partial charge on any atom is -0.389 e. The molecule has 1 aromatic heterocycles. The van der Waals surface area contributed by atoms with Crippen LogP contribution in [0.15, 0.2) is 12.3 Å². The van der Waals surface area contributed by atoms with Gasteiger partial charge in [0.05, 0.1) is 6.10 Å². The molecule has 0 bridgehead atoms. The first-order chi connectivity index (χ1) is 6.02. The molecule has 0 saturated carbocycles. The fourth-order valence-electron chi connectivity index (χ4n) is 1.23. The molecule has 0 aliphatic carbocycles. The van der Waals surface area contributed by atoms with Crippen LogP contribution in [0.4, 0.5) is 5.82 Å². The molecule has 1 N–H and O–H groups in total. The predicted octanol–water partition coefficient (Wildman–Crippen LogP) is 1.51. The van der Waals surface area contributed by atoms with Gasteiger partial charge >= 0.3 is 0 Å². The number of aliphatic hydroxyl groups is 1. The van der Waals surface area contributed by atoms with E-state index in [0.29, 0.717) is 0 Å². The van der Waals surface area contributed by atoms with Gasteiger partial charge in [0.25, 0.3) is 0 Å². The van der Waals surface area contributed by atoms with E-state index in [4.69, 9.17) is 0 Å². The van der Waals surface area contributed by atoms with E-state index in [-0.39, 0.29) is 0 Å². The normalized spacial score (nSPS) is 12.7. The zero-order valence-electron chi connectivity index (χ0n) is 8.57. The highest BCUT2D eigenvalue weighted by Crippen LogP contribution is 2.19. The van der Waals surface area contributed by atoms with E-state index >= 15 is 0 Å². The summed E-state index contributed by atoms with van der Waals surface area (Å²) in [6.07, 6.45) is 1.29. The van der Waals surface area contributed by atoms with Crippen LogP contribution in [-0.2, 0) is 0 Å². The van der Waals surface area contributed by atoms with Gasteiger partial charge in [0.15, 0.2) is 0 Å². The number of rotatable bonds is 2. The van der Waals surface area contributed by atoms with Crippen molar-refractivity contribution in [3.63, 3.8) is 0 Å². The van der Waals surface area contributed by atoms with Crippen molar-refractivity contribution in [3.05, 3.63) is 23.4 Å². The average Bonchev–Trinajstić information content (AvgIpc) is 2.03. The van der Waals surface area contributed by atoms with Crippen LogP contribution < -0.4 is 4.90 Å². The van der Waals surface area contributed by atoms with Crippen molar-refractivity contribution < 1.29 is 5.11 Å². The third-order valence-corrected chi connectivity index (χ3v) is 2.05. The van der Waals surface area contributed by atoms with Gasteiger partial charge < -0.3 is 10.0 Å². The molecule has 72 valence electrons. The van der Waals surface area contributed by atoms with Crippen LogP contribution >= 0.6 is 0 Å². The lowest BCUT2D eigenvalue weighted by molar-refractivity contribution is 0.198. The molecule has 3 heteroatoms. The smallest absolute Gasteiger partial charge is 0.128 e. The van der Waals surface area contributed by atoms with Gasteiger partial charge in [-0.1, -0.05) is 0 Å². The van der Waals surface area contributed by atoms with Crippen molar-refractivity contribution in [1.82, 2.24) is 4.98 Å². The van der Waals surface area contributed by atoms with Gasteiger partial charge in [-0.3, -0.25) is 0 Å². The maximum atomic E-state index is 9.38. The average molecular weight is 180 g/mol. The van der Waals surface area contributed by atoms with Crippen LogP contribution in [-0.4, -0.2) is 24.2 Å². The van der Waals surface area contributed by atoms with Crippen molar-refractivity contribution in [1.29, 1.82) is 0 Å². The molecule has 0 amide bonds. The fourth-order valence-corrected chi connectivity index (χ4v) is 1.23. The van der Waals surface area contributed by atoms with Crippen molar-refractivity contribution in [2.75, 3.05) is 19.0 Å². The van der Waals surface area contributed by atoms with E-state index in [2.05, 4.69) is 4.98 Å². The Labute approximate surface area is 79.0 Å². The Bertz CT molecular complexity index is 295. The number of nitrogens with zero attached hydrogens (tertiary/aromatic N) is 2. The topological polar surface area (TPSA) is 36.4 Å². The summed E-state index contributed by atoms with van der Waals surface area (Å²) in [6.45, 7) is 3.73. The van der Waals surface area contributed by atoms with Gasteiger partial charge in [0, 0.05) is 25.9 Å². The first-order valence-corrected chi connectivity index (χ1v) is 4.34. The lowest BCUT2D eigenvalue weighted by atomic mass is 10.1. The monoisotopic (exact) mass is 180 g/mol. The van der Waals surface area contributed by atoms with Crippen LogP contribution in [0.2, 0.25) is 0 Å². The predicted molar refractivity (Wildman–Crippen MR) is 53.9 cm³/mol. The van der Waals surface area contributed by atoms with Gasteiger partial charge in [0.2, 0.25) is 0 Å². The second-order valence-electron chi connectivity index (χ2n) is 3.47. The van der Waals surface area contributed by atoms with Gasteiger partial charge in [-0.2, -0.15) is 0 Å². The quantitative estimate of drug-likeness (QED) is 0.749. The van der Waals surface area contributed by atoms with E-state index in [0.717, 1.165) is 16.9 Å². The zero-order valence-corrected chi connectivity index (χ0v) is 8.57. The molecule has 0 saturated heterocycles. The minimum absolute atomic E-state index is 0.441. The maximum Gasteiger partial charge on any atom is 0.128 e. The molecular weight excluding hydrogens is 164 g/mol. The molecule has 0 aromatic carbocycles. The van der Waals surface area contributed by atoms with E-state index in [1.807, 2.05) is 32.0 Å². The summed E-state index contributed by atoms with van der Waals surface area (Å²) >= 11 is 0. The molecule has 13 heavy (non-hydrogen) atoms. The van der Waals surface area contributed by atoms with Gasteiger partial charge in [-0.25, -0.2) is 4.98 Å². The highest BCUT2D eigenvalue weighted by atomic mass is 16.3. The SMILES string of the molecule is Cc1cc(N(C)C)ncc1C(C)O. The standard InChI is InChI=1S/C10H16N2O/c1-7-5-10(12(3)4)11-6-9(7)8(2)13/h5-6,8,13H,1-4H3. The molecule has 1 heterocycles. The Morgan fingerprint density at radius 2 is 2.08 bits per heavy atom. The van der Waals surface area contributed by atoms with Crippen molar-refractivity contribution in [2.45, 2.75) is 20.0 Å². The van der Waals surface area contributed by atoms with E-state index in [1.165, 1.54) is 0 Å². The summed E-state index contributed by atoms with van der Waals surface area (Å²) in [6, 6.07) is 1.97. The molecule has 0 fully saturated rings. The Hall–Kier alpha value is -1.09. The molecule has 1 atom stereocenters. The van der Waals surface area contributed by atoms with Crippen LogP contribution in [0.25, 0.3) is 0 Å². The first kappa shape index (κ1) is 9.99. The lowest BCUT2D eigenvalue weighted by Gasteiger charge is -2.14. The molecule has 0 radical (unpaired) electrons. The van der Waals surface area contributed by atoms with Gasteiger partial charge in [-0.05, 0) is 25.5 Å². The summed E-state index contributed by atoms with van der Waals surface area (Å²) in [5.74, 6) is 0.918. The Balaban J connectivity index is 3.06. The third-order valence-electron chi connectivity index (χ3n) is 2.05. The summed E-state index contributed by atoms with van der Waals surface area (Å²) < 4.78 is 0. The molecule has 0 spiro atoms. The zero-order chi connectivity index (χ0) is 10.0. The Kier molecular flexibility index (Phi) is 2.88. The second-order valence-corrected chi connectivity index (χ2v) is 3.47. The number of aromatic nitrogens is 1. The summed E-state index contributed by atoms with van der Waals surface area (Å²) in [5, 5.41) is 9.38. The van der Waals surface area contributed by atoms with E-state index < -0.39 is 6.10 Å². The molecular formula is C10H16N2O. The van der Waals surface area contributed by atoms with Gasteiger partial charge in [-0.15, -0.1) is 0 Å². The largest absolute Gasteiger partial charge is 0.389 e. The van der Waals surface area contributed by atoms with Crippen LogP contribution in [0.1, 0.15) is 24.2 Å². The molecule has 0 aliphatic heterocycles. The number of hydrogen-bond acceptors (Lipinski definition) is 3. The highest BCUT2D eigenvalue weighted by molar-refractivity contribution is 5.42. The number of anilines is 1. The van der Waals surface area contributed by atoms with Crippen molar-refractivity contribution in [3.8, 4) is 0 Å². The second kappa shape index (κ2) is 3.75. The van der Waals surface area contributed by atoms with Crippen LogP contribution in [0.3, 0.4) is 0 Å². The molecule has 1 aromatic rings. The molecule has 1 unspecified atom stereocenters. The molecule has 3 nitrogen and oxygen atoms in total. The number of hydrogen-bond donors (Lipinski definition) is 1. The lowest BCUT2D eigenvalue weighted by Crippen LogP contribution is -2.11. The van der Waals surface area contributed by atoms with E-state index in [1.54, 1.807) is 13.1 Å². The Morgan fingerprint density at radius 3 is 2.46 bits per heavy atom. The van der Waals surface area contributed by atoms with Crippen LogP contribution in [0, 0.1) is 6.92 Å². The van der Waals surface area contributed by atoms with Crippen LogP contribution in [0.5, 0.6) is 0 Å². The molecule has 1 rings (SSSR count). The first-order valence-electron chi connectivity index (χ1n) is 4.34. The van der Waals surface area contributed by atoms with Crippen molar-refractivity contribution in [2.24, 2.45) is 0 Å². The maximum absolute atomic E-state index is 9.38. The number of pyridine rings is 1. The molecule has 0 aliphatic rings. The summed E-state index contributed by atoms with van der Waals surface area (Å²) in [4.78, 5) is 6.17. The summed E-state index contributed by atoms with van der Waals surface area (Å²) in [5.41, 5.74) is 1.97. The summed E-state index contributed by atoms with van der Waals surface area (Å²) in [7, 11) is 3.90. The number of aryl methyl sites for hydroxylation is 1. The van der Waals surface area contributed by atoms with Gasteiger partial charge in [0.1, 0.15) is 5.82 Å². The number of aliphatic hydroxyl groups excluding tert-OH is 1.